The number of phosphoric acid groups is 2. The van der Waals surface area contributed by atoms with E-state index in [9.17, 15) is 43.2 Å². The number of unbranched alkanes of at least 4 members (excludes halogenated alkanes) is 39. The molecule has 3 N–H and O–H groups in total. The summed E-state index contributed by atoms with van der Waals surface area (Å²) in [5.74, 6) is 0.0431. The summed E-state index contributed by atoms with van der Waals surface area (Å²) in [7, 11) is -9.91. The van der Waals surface area contributed by atoms with Gasteiger partial charge in [0.1, 0.15) is 19.3 Å². The number of aliphatic hydroxyl groups is 1. The highest BCUT2D eigenvalue weighted by molar-refractivity contribution is 7.47. The van der Waals surface area contributed by atoms with Crippen molar-refractivity contribution in [1.82, 2.24) is 0 Å². The van der Waals surface area contributed by atoms with Crippen LogP contribution in [0.1, 0.15) is 370 Å². The van der Waals surface area contributed by atoms with Gasteiger partial charge < -0.3 is 33.8 Å². The normalized spacial score (nSPS) is 14.1. The highest BCUT2D eigenvalue weighted by Crippen LogP contribution is 2.45. The molecule has 17 nitrogen and oxygen atoms in total. The van der Waals surface area contributed by atoms with Gasteiger partial charge in [0, 0.05) is 25.7 Å². The van der Waals surface area contributed by atoms with Crippen LogP contribution in [-0.2, 0) is 65.4 Å². The van der Waals surface area contributed by atoms with Crippen LogP contribution in [-0.4, -0.2) is 96.7 Å². The first-order valence-electron chi connectivity index (χ1n) is 37.8. The Morgan fingerprint density at radius 3 is 0.739 bits per heavy atom. The Labute approximate surface area is 562 Å². The summed E-state index contributed by atoms with van der Waals surface area (Å²) < 4.78 is 68.4. The maximum absolute atomic E-state index is 13.1. The van der Waals surface area contributed by atoms with Gasteiger partial charge in [0.2, 0.25) is 0 Å². The number of carbonyl (C=O) groups is 4. The fraction of sp³-hybridized carbons (Fsp3) is 0.945. The Hall–Kier alpha value is -1.94. The summed E-state index contributed by atoms with van der Waals surface area (Å²) in [6.45, 7) is 11.8. The number of phosphoric ester groups is 2. The fourth-order valence-corrected chi connectivity index (χ4v) is 12.7. The van der Waals surface area contributed by atoms with Gasteiger partial charge in [0.25, 0.3) is 0 Å². The molecule has 0 bridgehead atoms. The molecule has 0 aliphatic heterocycles. The van der Waals surface area contributed by atoms with E-state index in [0.29, 0.717) is 31.6 Å². The highest BCUT2D eigenvalue weighted by Gasteiger charge is 2.30. The van der Waals surface area contributed by atoms with Crippen LogP contribution in [0.15, 0.2) is 0 Å². The first-order valence-corrected chi connectivity index (χ1v) is 40.8. The minimum atomic E-state index is -4.96. The van der Waals surface area contributed by atoms with Crippen molar-refractivity contribution >= 4 is 39.5 Å². The van der Waals surface area contributed by atoms with Crippen molar-refractivity contribution in [2.45, 2.75) is 388 Å². The van der Waals surface area contributed by atoms with Gasteiger partial charge >= 0.3 is 39.5 Å². The summed E-state index contributed by atoms with van der Waals surface area (Å²) in [5, 5.41) is 10.6. The van der Waals surface area contributed by atoms with Crippen LogP contribution in [0.25, 0.3) is 0 Å². The lowest BCUT2D eigenvalue weighted by Crippen LogP contribution is -2.30. The molecule has 0 aromatic rings. The zero-order valence-corrected chi connectivity index (χ0v) is 61.8. The first-order chi connectivity index (χ1) is 44.2. The van der Waals surface area contributed by atoms with Crippen molar-refractivity contribution < 1.29 is 80.2 Å². The molecule has 0 fully saturated rings. The van der Waals surface area contributed by atoms with Crippen LogP contribution in [0.4, 0.5) is 0 Å². The zero-order valence-electron chi connectivity index (χ0n) is 60.0. The van der Waals surface area contributed by atoms with E-state index in [1.807, 2.05) is 0 Å². The van der Waals surface area contributed by atoms with Crippen molar-refractivity contribution in [1.29, 1.82) is 0 Å². The van der Waals surface area contributed by atoms with E-state index in [2.05, 4.69) is 48.5 Å². The summed E-state index contributed by atoms with van der Waals surface area (Å²) in [5.41, 5.74) is 0. The van der Waals surface area contributed by atoms with Gasteiger partial charge in [-0.15, -0.1) is 0 Å². The van der Waals surface area contributed by atoms with Gasteiger partial charge in [-0.1, -0.05) is 318 Å². The molecular weight excluding hydrogens is 1210 g/mol. The summed E-state index contributed by atoms with van der Waals surface area (Å²) in [6.07, 6.45) is 48.8. The molecule has 0 amide bonds. The standard InChI is InChI=1S/C73H142O17P2/c1-8-9-10-11-12-13-14-15-16-17-18-19-20-23-27-33-42-49-56-72(77)89-68(60-83-70(75)54-47-40-32-26-24-21-22-25-30-37-44-51-64(2)3)62-87-91(79,80)85-58-67(74)59-86-92(81,82)88-63-69(61-84-71(76)55-48-41-36-35-39-46-53-66(6)7)90-73(78)57-50-43-34-29-28-31-38-45-52-65(4)5/h64-69,74H,8-63H2,1-7H3,(H,79,80)(H,81,82)/t67-,68-,69-/m1/s1. The predicted molar refractivity (Wildman–Crippen MR) is 372 cm³/mol. The Morgan fingerprint density at radius 2 is 0.500 bits per heavy atom. The third-order valence-electron chi connectivity index (χ3n) is 16.9. The van der Waals surface area contributed by atoms with Crippen molar-refractivity contribution in [3.8, 4) is 0 Å². The summed E-state index contributed by atoms with van der Waals surface area (Å²) >= 11 is 0. The van der Waals surface area contributed by atoms with E-state index in [-0.39, 0.29) is 25.7 Å². The molecule has 0 aromatic heterocycles. The summed E-state index contributed by atoms with van der Waals surface area (Å²) in [6, 6.07) is 0. The number of ether oxygens (including phenoxy) is 4. The highest BCUT2D eigenvalue weighted by atomic mass is 31.2. The van der Waals surface area contributed by atoms with E-state index in [0.717, 1.165) is 108 Å². The van der Waals surface area contributed by atoms with E-state index in [4.69, 9.17) is 37.0 Å². The van der Waals surface area contributed by atoms with Crippen LogP contribution in [0.2, 0.25) is 0 Å². The van der Waals surface area contributed by atoms with E-state index in [1.165, 1.54) is 173 Å². The molecule has 5 atom stereocenters. The molecule has 0 heterocycles. The maximum Gasteiger partial charge on any atom is 0.472 e. The molecular formula is C73H142O17P2. The van der Waals surface area contributed by atoms with Gasteiger partial charge in [-0.05, 0) is 43.4 Å². The fourth-order valence-electron chi connectivity index (χ4n) is 11.1. The average molecular weight is 1350 g/mol. The lowest BCUT2D eigenvalue weighted by atomic mass is 10.0. The Bertz CT molecular complexity index is 1800. The molecule has 0 aromatic carbocycles. The van der Waals surface area contributed by atoms with Gasteiger partial charge in [-0.25, -0.2) is 9.13 Å². The number of rotatable bonds is 71. The Morgan fingerprint density at radius 1 is 0.293 bits per heavy atom. The molecule has 546 valence electrons. The van der Waals surface area contributed by atoms with Crippen molar-refractivity contribution in [2.24, 2.45) is 17.8 Å². The second kappa shape index (κ2) is 63.8. The average Bonchev–Trinajstić information content (AvgIpc) is 3.70. The van der Waals surface area contributed by atoms with E-state index >= 15 is 0 Å². The SMILES string of the molecule is CCCCCCCCCCCCCCCCCCCCC(=O)O[C@H](COC(=O)CCCCCCCCCCCCCC(C)C)COP(=O)(O)OC[C@@H](O)COP(=O)(O)OC[C@@H](COC(=O)CCCCCCCCC(C)C)OC(=O)CCCCCCCCCCC(C)C. The van der Waals surface area contributed by atoms with Crippen LogP contribution < -0.4 is 0 Å². The molecule has 2 unspecified atom stereocenters. The Kier molecular flexibility index (Phi) is 62.4. The maximum atomic E-state index is 13.1. The predicted octanol–water partition coefficient (Wildman–Crippen LogP) is 21.0. The topological polar surface area (TPSA) is 237 Å². The third-order valence-corrected chi connectivity index (χ3v) is 18.8. The molecule has 0 aliphatic carbocycles. The molecule has 0 radical (unpaired) electrons. The number of carbonyl (C=O) groups excluding carboxylic acids is 4. The number of aliphatic hydroxyl groups excluding tert-OH is 1. The quantitative estimate of drug-likeness (QED) is 0.0222. The van der Waals surface area contributed by atoms with Crippen molar-refractivity contribution in [3.05, 3.63) is 0 Å². The number of hydrogen-bond acceptors (Lipinski definition) is 15. The van der Waals surface area contributed by atoms with Crippen LogP contribution >= 0.6 is 15.6 Å². The molecule has 0 aliphatic rings. The Balaban J connectivity index is 5.23. The minimum Gasteiger partial charge on any atom is -0.462 e. The first kappa shape index (κ1) is 90.1. The second-order valence-corrected chi connectivity index (χ2v) is 30.7. The largest absolute Gasteiger partial charge is 0.472 e. The molecule has 19 heteroatoms. The van der Waals surface area contributed by atoms with Gasteiger partial charge in [0.05, 0.1) is 26.4 Å². The lowest BCUT2D eigenvalue weighted by Gasteiger charge is -2.21. The third kappa shape index (κ3) is 66.7. The molecule has 0 saturated heterocycles. The van der Waals surface area contributed by atoms with Crippen LogP contribution in [0.3, 0.4) is 0 Å². The van der Waals surface area contributed by atoms with Gasteiger partial charge in [-0.3, -0.25) is 37.3 Å². The van der Waals surface area contributed by atoms with Crippen LogP contribution in [0, 0.1) is 17.8 Å². The van der Waals surface area contributed by atoms with Gasteiger partial charge in [-0.2, -0.15) is 0 Å². The number of esters is 4. The molecule has 0 saturated carbocycles. The van der Waals surface area contributed by atoms with E-state index in [1.54, 1.807) is 0 Å². The molecule has 0 rings (SSSR count). The molecule has 0 spiro atoms. The second-order valence-electron chi connectivity index (χ2n) is 27.8. The smallest absolute Gasteiger partial charge is 0.462 e. The molecule has 92 heavy (non-hydrogen) atoms. The monoisotopic (exact) mass is 1350 g/mol. The van der Waals surface area contributed by atoms with Crippen molar-refractivity contribution in [3.63, 3.8) is 0 Å². The minimum absolute atomic E-state index is 0.103. The summed E-state index contributed by atoms with van der Waals surface area (Å²) in [4.78, 5) is 72.6. The van der Waals surface area contributed by atoms with E-state index < -0.39 is 97.5 Å². The van der Waals surface area contributed by atoms with Crippen molar-refractivity contribution in [2.75, 3.05) is 39.6 Å². The number of hydrogen-bond donors (Lipinski definition) is 3. The zero-order chi connectivity index (χ0) is 68.0. The lowest BCUT2D eigenvalue weighted by molar-refractivity contribution is -0.161. The van der Waals surface area contributed by atoms with Crippen LogP contribution in [0.5, 0.6) is 0 Å². The van der Waals surface area contributed by atoms with Gasteiger partial charge in [0.15, 0.2) is 12.2 Å².